The first kappa shape index (κ1) is 52.3. The van der Waals surface area contributed by atoms with Gasteiger partial charge in [0.1, 0.15) is 11.2 Å². The summed E-state index contributed by atoms with van der Waals surface area (Å²) in [6, 6.07) is 128. The van der Waals surface area contributed by atoms with Crippen molar-refractivity contribution in [2.24, 2.45) is 0 Å². The molecule has 0 amide bonds. The van der Waals surface area contributed by atoms with E-state index in [9.17, 15) is 0 Å². The van der Waals surface area contributed by atoms with E-state index in [0.29, 0.717) is 0 Å². The number of para-hydroxylation sites is 2. The molecule has 0 spiro atoms. The Balaban J connectivity index is 0.762. The summed E-state index contributed by atoms with van der Waals surface area (Å²) >= 11 is 0. The third kappa shape index (κ3) is 7.13. The van der Waals surface area contributed by atoms with Gasteiger partial charge in [-0.05, 0) is 183 Å². The molecule has 0 fully saturated rings. The standard InChI is InChI=1S/C92H56N2O/c1-3-24-63(25-4-1)91(64-26-5-2-6-27-64)80-33-14-11-28-72(80)73-46-43-68(55-83(73)91)93(69-44-47-76-75-30-13-16-36-86(75)95-87(76)56-69)67-42-45-71-61(53-67)23-17-31-70(71)62-39-50-85-79(54-62)78-48-49-82-89-88-77(74-29-12-15-35-84(74)94(85)90(78)89)32-18-34-81(88)92(82,65-40-37-57-19-7-9-21-59(57)51-65)66-41-38-58-20-8-10-22-60(58)52-66/h1-56H. The van der Waals surface area contributed by atoms with E-state index in [4.69, 9.17) is 4.42 Å². The van der Waals surface area contributed by atoms with Gasteiger partial charge in [0.2, 0.25) is 0 Å². The van der Waals surface area contributed by atoms with Crippen LogP contribution in [-0.2, 0) is 10.8 Å². The Morgan fingerprint density at radius 3 is 1.59 bits per heavy atom. The fourth-order valence-electron chi connectivity index (χ4n) is 17.7. The minimum atomic E-state index is -0.624. The molecule has 0 N–H and O–H groups in total. The number of fused-ring (bicyclic) bond motifs is 15. The third-order valence-electron chi connectivity index (χ3n) is 21.6. The first-order valence-corrected chi connectivity index (χ1v) is 33.0. The average molecular weight is 1210 g/mol. The largest absolute Gasteiger partial charge is 0.456 e. The number of hydrogen-bond acceptors (Lipinski definition) is 2. The maximum atomic E-state index is 6.68. The Hall–Kier alpha value is -12.3. The molecule has 0 unspecified atom stereocenters. The van der Waals surface area contributed by atoms with Gasteiger partial charge in [0.25, 0.3) is 0 Å². The molecule has 440 valence electrons. The molecule has 3 aliphatic rings. The highest BCUT2D eigenvalue weighted by Crippen LogP contribution is 2.63. The molecule has 0 saturated carbocycles. The molecule has 0 atom stereocenters. The lowest BCUT2D eigenvalue weighted by Crippen LogP contribution is -2.28. The summed E-state index contributed by atoms with van der Waals surface area (Å²) in [6.07, 6.45) is 0. The van der Waals surface area contributed by atoms with Crippen LogP contribution in [0, 0.1) is 0 Å². The topological polar surface area (TPSA) is 21.3 Å². The molecule has 95 heavy (non-hydrogen) atoms. The SMILES string of the molecule is c1ccc(C2(c3ccccc3)c3ccccc3-c3ccc(N(c4ccc5c(-c6ccc7c(c6)c6ccc8c9c6n7-c6ccccc6-c6cccc(c6-9)C8(c6ccc7ccccc7c6)c6ccc7ccccc7c6)cccc5c4)c4ccc5c(c4)oc4ccccc45)cc32)cc1. The first-order valence-electron chi connectivity index (χ1n) is 33.0. The molecule has 0 bridgehead atoms. The van der Waals surface area contributed by atoms with Crippen molar-refractivity contribution in [3.8, 4) is 50.2 Å². The molecule has 2 aromatic heterocycles. The van der Waals surface area contributed by atoms with Gasteiger partial charge < -0.3 is 13.9 Å². The minimum Gasteiger partial charge on any atom is -0.456 e. The van der Waals surface area contributed by atoms with Gasteiger partial charge >= 0.3 is 0 Å². The number of furan rings is 1. The quantitative estimate of drug-likeness (QED) is 0.151. The smallest absolute Gasteiger partial charge is 0.137 e. The monoisotopic (exact) mass is 1200 g/mol. The van der Waals surface area contributed by atoms with Gasteiger partial charge in [-0.2, -0.15) is 0 Å². The van der Waals surface area contributed by atoms with Crippen LogP contribution in [0.25, 0.3) is 126 Å². The van der Waals surface area contributed by atoms with Crippen LogP contribution in [0.1, 0.15) is 44.5 Å². The van der Waals surface area contributed by atoms with Gasteiger partial charge in [-0.1, -0.05) is 261 Å². The van der Waals surface area contributed by atoms with Gasteiger partial charge in [-0.3, -0.25) is 0 Å². The van der Waals surface area contributed by atoms with E-state index in [1.807, 2.05) is 6.07 Å². The second kappa shape index (κ2) is 19.6. The summed E-state index contributed by atoms with van der Waals surface area (Å²) in [5.74, 6) is 0. The summed E-state index contributed by atoms with van der Waals surface area (Å²) in [6.45, 7) is 0. The second-order valence-electron chi connectivity index (χ2n) is 26.2. The van der Waals surface area contributed by atoms with Crippen molar-refractivity contribution < 1.29 is 4.42 Å². The highest BCUT2D eigenvalue weighted by molar-refractivity contribution is 6.20. The Kier molecular flexibility index (Phi) is 10.8. The van der Waals surface area contributed by atoms with E-state index >= 15 is 0 Å². The average Bonchev–Trinajstić information content (AvgIpc) is 1.55. The molecule has 0 saturated heterocycles. The molecule has 0 radical (unpaired) electrons. The zero-order valence-electron chi connectivity index (χ0n) is 51.6. The van der Waals surface area contributed by atoms with Crippen molar-refractivity contribution >= 4 is 93.1 Å². The van der Waals surface area contributed by atoms with Crippen molar-refractivity contribution in [3.05, 3.63) is 384 Å². The molecule has 3 heterocycles. The van der Waals surface area contributed by atoms with Crippen molar-refractivity contribution in [1.29, 1.82) is 0 Å². The zero-order valence-corrected chi connectivity index (χ0v) is 51.6. The minimum absolute atomic E-state index is 0.571. The van der Waals surface area contributed by atoms with Crippen LogP contribution in [0.3, 0.4) is 0 Å². The van der Waals surface area contributed by atoms with E-state index in [1.54, 1.807) is 0 Å². The molecule has 1 aliphatic heterocycles. The van der Waals surface area contributed by atoms with E-state index in [2.05, 4.69) is 343 Å². The Bertz CT molecular complexity index is 6190. The van der Waals surface area contributed by atoms with Crippen LogP contribution in [0.15, 0.2) is 344 Å². The van der Waals surface area contributed by atoms with Crippen molar-refractivity contribution in [2.45, 2.75) is 10.8 Å². The Morgan fingerprint density at radius 2 is 0.811 bits per heavy atom. The maximum absolute atomic E-state index is 6.68. The van der Waals surface area contributed by atoms with Crippen molar-refractivity contribution in [3.63, 3.8) is 0 Å². The fourth-order valence-corrected chi connectivity index (χ4v) is 17.7. The predicted octanol–water partition coefficient (Wildman–Crippen LogP) is 24.0. The Labute approximate surface area is 548 Å². The van der Waals surface area contributed by atoms with Gasteiger partial charge in [-0.15, -0.1) is 0 Å². The molecule has 3 nitrogen and oxygen atoms in total. The highest BCUT2D eigenvalue weighted by atomic mass is 16.3. The first-order chi connectivity index (χ1) is 47.1. The molecule has 18 aromatic rings. The summed E-state index contributed by atoms with van der Waals surface area (Å²) in [5, 5.41) is 12.0. The Morgan fingerprint density at radius 1 is 0.263 bits per heavy atom. The predicted molar refractivity (Wildman–Crippen MR) is 394 cm³/mol. The maximum Gasteiger partial charge on any atom is 0.137 e. The number of hydrogen-bond donors (Lipinski definition) is 0. The fraction of sp³-hybridized carbons (Fsp3) is 0.0217. The lowest BCUT2D eigenvalue weighted by Gasteiger charge is -2.35. The second-order valence-corrected chi connectivity index (χ2v) is 26.2. The molecular formula is C92H56N2O. The molecule has 21 rings (SSSR count). The molecule has 2 aliphatic carbocycles. The van der Waals surface area contributed by atoms with Crippen molar-refractivity contribution in [2.75, 3.05) is 4.90 Å². The summed E-state index contributed by atoms with van der Waals surface area (Å²) in [7, 11) is 0. The van der Waals surface area contributed by atoms with Crippen LogP contribution in [0.2, 0.25) is 0 Å². The van der Waals surface area contributed by atoms with Gasteiger partial charge in [-0.25, -0.2) is 0 Å². The number of nitrogens with zero attached hydrogens (tertiary/aromatic N) is 2. The lowest BCUT2D eigenvalue weighted by atomic mass is 9.67. The van der Waals surface area contributed by atoms with Crippen molar-refractivity contribution in [1.82, 2.24) is 4.57 Å². The summed E-state index contributed by atoms with van der Waals surface area (Å²) < 4.78 is 9.28. The van der Waals surface area contributed by atoms with Crippen LogP contribution < -0.4 is 4.90 Å². The van der Waals surface area contributed by atoms with Crippen LogP contribution >= 0.6 is 0 Å². The normalized spacial score (nSPS) is 13.6. The van der Waals surface area contributed by atoms with E-state index in [-0.39, 0.29) is 0 Å². The van der Waals surface area contributed by atoms with Gasteiger partial charge in [0.05, 0.1) is 27.6 Å². The number of benzene rings is 16. The molecular weight excluding hydrogens is 1150 g/mol. The highest BCUT2D eigenvalue weighted by Gasteiger charge is 2.50. The molecule has 3 heteroatoms. The van der Waals surface area contributed by atoms with E-state index in [1.165, 1.54) is 143 Å². The van der Waals surface area contributed by atoms with Gasteiger partial charge in [0, 0.05) is 55.8 Å². The van der Waals surface area contributed by atoms with E-state index in [0.717, 1.165) is 44.4 Å². The zero-order chi connectivity index (χ0) is 62.1. The van der Waals surface area contributed by atoms with Crippen LogP contribution in [0.4, 0.5) is 17.1 Å². The molecule has 16 aromatic carbocycles. The van der Waals surface area contributed by atoms with E-state index < -0.39 is 10.8 Å². The van der Waals surface area contributed by atoms with Crippen LogP contribution in [0.5, 0.6) is 0 Å². The number of aromatic nitrogens is 1. The summed E-state index contributed by atoms with van der Waals surface area (Å²) in [4.78, 5) is 2.43. The van der Waals surface area contributed by atoms with Crippen LogP contribution in [-0.4, -0.2) is 4.57 Å². The van der Waals surface area contributed by atoms with Gasteiger partial charge in [0.15, 0.2) is 0 Å². The lowest BCUT2D eigenvalue weighted by molar-refractivity contribution is 0.669. The number of anilines is 3. The number of rotatable bonds is 8. The third-order valence-corrected chi connectivity index (χ3v) is 21.6. The summed E-state index contributed by atoms with van der Waals surface area (Å²) in [5.41, 5.74) is 27.4.